The third-order valence-electron chi connectivity index (χ3n) is 4.95. The molecule has 4 rings (SSSR count). The minimum atomic E-state index is -0.257. The number of carbonyl (C=O) groups excluding carboxylic acids is 1. The lowest BCUT2D eigenvalue weighted by atomic mass is 10.1. The fraction of sp³-hybridized carbons (Fsp3) is 0.350. The van der Waals surface area contributed by atoms with Crippen LogP contribution in [0.25, 0.3) is 10.2 Å². The molecule has 0 saturated carbocycles. The van der Waals surface area contributed by atoms with Gasteiger partial charge in [-0.05, 0) is 48.9 Å². The SMILES string of the molecule is Cc1cc(CNC(=O)CSc2nc3sc4c(c3c(=O)n2C)CCC4)ccc1F. The van der Waals surface area contributed by atoms with Crippen LogP contribution < -0.4 is 10.9 Å². The van der Waals surface area contributed by atoms with Gasteiger partial charge in [-0.3, -0.25) is 14.2 Å². The van der Waals surface area contributed by atoms with E-state index in [0.717, 1.165) is 40.6 Å². The van der Waals surface area contributed by atoms with Crippen molar-refractivity contribution in [3.63, 3.8) is 0 Å². The number of aromatic nitrogens is 2. The zero-order valence-corrected chi connectivity index (χ0v) is 17.3. The van der Waals surface area contributed by atoms with Gasteiger partial charge in [-0.25, -0.2) is 9.37 Å². The lowest BCUT2D eigenvalue weighted by Gasteiger charge is -2.09. The number of rotatable bonds is 5. The number of hydrogen-bond donors (Lipinski definition) is 1. The number of aryl methyl sites for hydroxylation is 3. The Morgan fingerprint density at radius 2 is 2.21 bits per heavy atom. The highest BCUT2D eigenvalue weighted by Gasteiger charge is 2.22. The molecule has 0 fully saturated rings. The maximum Gasteiger partial charge on any atom is 0.262 e. The standard InChI is InChI=1S/C20H20FN3O2S2/c1-11-8-12(6-7-14(11)21)9-22-16(25)10-27-20-23-18-17(19(26)24(20)2)13-4-3-5-15(13)28-18/h6-8H,3-5,9-10H2,1-2H3,(H,22,25). The Labute approximate surface area is 170 Å². The number of nitrogens with zero attached hydrogens (tertiary/aromatic N) is 2. The molecule has 0 radical (unpaired) electrons. The van der Waals surface area contributed by atoms with Crippen molar-refractivity contribution in [3.8, 4) is 0 Å². The minimum absolute atomic E-state index is 0.0332. The van der Waals surface area contributed by atoms with Gasteiger partial charge in [0, 0.05) is 18.5 Å². The number of carbonyl (C=O) groups is 1. The highest BCUT2D eigenvalue weighted by Crippen LogP contribution is 2.35. The predicted octanol–water partition coefficient (Wildman–Crippen LogP) is 3.34. The second kappa shape index (κ2) is 7.67. The van der Waals surface area contributed by atoms with Crippen LogP contribution in [0.3, 0.4) is 0 Å². The predicted molar refractivity (Wildman–Crippen MR) is 111 cm³/mol. The maximum atomic E-state index is 13.3. The highest BCUT2D eigenvalue weighted by atomic mass is 32.2. The Bertz CT molecular complexity index is 1140. The minimum Gasteiger partial charge on any atom is -0.351 e. The third-order valence-corrected chi connectivity index (χ3v) is 7.17. The second-order valence-electron chi connectivity index (χ2n) is 6.94. The van der Waals surface area contributed by atoms with Gasteiger partial charge in [0.1, 0.15) is 10.6 Å². The van der Waals surface area contributed by atoms with Crippen LogP contribution in [-0.4, -0.2) is 21.2 Å². The molecule has 0 unspecified atom stereocenters. The fourth-order valence-electron chi connectivity index (χ4n) is 3.43. The van der Waals surface area contributed by atoms with Gasteiger partial charge in [0.25, 0.3) is 5.56 Å². The van der Waals surface area contributed by atoms with Crippen molar-refractivity contribution in [1.29, 1.82) is 0 Å². The van der Waals surface area contributed by atoms with Gasteiger partial charge in [0.15, 0.2) is 5.16 Å². The van der Waals surface area contributed by atoms with Crippen molar-refractivity contribution in [2.45, 2.75) is 37.9 Å². The molecule has 0 spiro atoms. The Morgan fingerprint density at radius 1 is 1.39 bits per heavy atom. The van der Waals surface area contributed by atoms with Gasteiger partial charge in [-0.2, -0.15) is 0 Å². The Kier molecular flexibility index (Phi) is 5.25. The largest absolute Gasteiger partial charge is 0.351 e. The fourth-order valence-corrected chi connectivity index (χ4v) is 5.54. The van der Waals surface area contributed by atoms with E-state index in [-0.39, 0.29) is 23.0 Å². The van der Waals surface area contributed by atoms with E-state index in [2.05, 4.69) is 10.3 Å². The maximum absolute atomic E-state index is 13.3. The lowest BCUT2D eigenvalue weighted by molar-refractivity contribution is -0.118. The summed E-state index contributed by atoms with van der Waals surface area (Å²) >= 11 is 2.85. The zero-order valence-electron chi connectivity index (χ0n) is 15.7. The molecule has 1 aromatic carbocycles. The van der Waals surface area contributed by atoms with Crippen LogP contribution in [-0.2, 0) is 31.2 Å². The quantitative estimate of drug-likeness (QED) is 0.511. The van der Waals surface area contributed by atoms with Crippen molar-refractivity contribution >= 4 is 39.2 Å². The number of halogens is 1. The van der Waals surface area contributed by atoms with Gasteiger partial charge in [0.2, 0.25) is 5.91 Å². The summed E-state index contributed by atoms with van der Waals surface area (Å²) in [5, 5.41) is 4.12. The molecular weight excluding hydrogens is 397 g/mol. The van der Waals surface area contributed by atoms with E-state index >= 15 is 0 Å². The van der Waals surface area contributed by atoms with E-state index in [9.17, 15) is 14.0 Å². The first-order chi connectivity index (χ1) is 13.4. The first-order valence-electron chi connectivity index (χ1n) is 9.10. The Balaban J connectivity index is 1.43. The molecule has 28 heavy (non-hydrogen) atoms. The van der Waals surface area contributed by atoms with Gasteiger partial charge in [-0.1, -0.05) is 23.9 Å². The molecule has 0 atom stereocenters. The molecule has 1 aliphatic rings. The van der Waals surface area contributed by atoms with Crippen LogP contribution >= 0.6 is 23.1 Å². The smallest absolute Gasteiger partial charge is 0.262 e. The van der Waals surface area contributed by atoms with Crippen LogP contribution in [0.15, 0.2) is 28.2 Å². The van der Waals surface area contributed by atoms with Crippen LogP contribution in [0.4, 0.5) is 4.39 Å². The Hall–Kier alpha value is -2.19. The van der Waals surface area contributed by atoms with E-state index in [1.807, 2.05) is 0 Å². The molecule has 2 aromatic heterocycles. The summed E-state index contributed by atoms with van der Waals surface area (Å²) in [5.74, 6) is -0.251. The number of thiophene rings is 1. The number of thioether (sulfide) groups is 1. The summed E-state index contributed by atoms with van der Waals surface area (Å²) in [4.78, 5) is 31.6. The normalized spacial score (nSPS) is 13.1. The molecule has 1 N–H and O–H groups in total. The molecule has 3 aromatic rings. The first kappa shape index (κ1) is 19.1. The van der Waals surface area contributed by atoms with Gasteiger partial charge >= 0.3 is 0 Å². The molecule has 8 heteroatoms. The van der Waals surface area contributed by atoms with Crippen molar-refractivity contribution in [2.24, 2.45) is 7.05 Å². The number of benzene rings is 1. The molecule has 0 bridgehead atoms. The molecular formula is C20H20FN3O2S2. The van der Waals surface area contributed by atoms with Crippen molar-refractivity contribution in [2.75, 3.05) is 5.75 Å². The van der Waals surface area contributed by atoms with E-state index in [1.54, 1.807) is 37.4 Å². The van der Waals surface area contributed by atoms with E-state index in [0.29, 0.717) is 17.3 Å². The zero-order chi connectivity index (χ0) is 19.8. The average molecular weight is 418 g/mol. The molecule has 146 valence electrons. The lowest BCUT2D eigenvalue weighted by Crippen LogP contribution is -2.26. The van der Waals surface area contributed by atoms with Crippen LogP contribution in [0, 0.1) is 12.7 Å². The highest BCUT2D eigenvalue weighted by molar-refractivity contribution is 7.99. The number of amides is 1. The molecule has 1 aliphatic carbocycles. The monoisotopic (exact) mass is 417 g/mol. The van der Waals surface area contributed by atoms with Crippen molar-refractivity contribution < 1.29 is 9.18 Å². The number of hydrogen-bond acceptors (Lipinski definition) is 5. The molecule has 2 heterocycles. The first-order valence-corrected chi connectivity index (χ1v) is 10.9. The summed E-state index contributed by atoms with van der Waals surface area (Å²) < 4.78 is 14.9. The molecule has 0 saturated heterocycles. The van der Waals surface area contributed by atoms with Gasteiger partial charge in [-0.15, -0.1) is 11.3 Å². The van der Waals surface area contributed by atoms with E-state index in [1.165, 1.54) is 27.3 Å². The molecule has 1 amide bonds. The van der Waals surface area contributed by atoms with Crippen LogP contribution in [0.2, 0.25) is 0 Å². The summed E-state index contributed by atoms with van der Waals surface area (Å²) in [6, 6.07) is 4.78. The summed E-state index contributed by atoms with van der Waals surface area (Å²) in [5.41, 5.74) is 2.53. The summed E-state index contributed by atoms with van der Waals surface area (Å²) in [6.07, 6.45) is 3.07. The summed E-state index contributed by atoms with van der Waals surface area (Å²) in [7, 11) is 1.70. The van der Waals surface area contributed by atoms with Crippen molar-refractivity contribution in [3.05, 3.63) is 55.9 Å². The van der Waals surface area contributed by atoms with E-state index in [4.69, 9.17) is 0 Å². The number of nitrogens with one attached hydrogen (secondary N) is 1. The van der Waals surface area contributed by atoms with E-state index < -0.39 is 0 Å². The number of fused-ring (bicyclic) bond motifs is 3. The van der Waals surface area contributed by atoms with Crippen molar-refractivity contribution in [1.82, 2.24) is 14.9 Å². The molecule has 5 nitrogen and oxygen atoms in total. The third kappa shape index (κ3) is 3.58. The van der Waals surface area contributed by atoms with Crippen LogP contribution in [0.1, 0.15) is 28.0 Å². The van der Waals surface area contributed by atoms with Gasteiger partial charge < -0.3 is 5.32 Å². The van der Waals surface area contributed by atoms with Crippen LogP contribution in [0.5, 0.6) is 0 Å². The molecule has 0 aliphatic heterocycles. The Morgan fingerprint density at radius 3 is 3.00 bits per heavy atom. The topological polar surface area (TPSA) is 64.0 Å². The second-order valence-corrected chi connectivity index (χ2v) is 8.97. The van der Waals surface area contributed by atoms with Gasteiger partial charge in [0.05, 0.1) is 11.1 Å². The average Bonchev–Trinajstić information content (AvgIpc) is 3.25. The summed E-state index contributed by atoms with van der Waals surface area (Å²) in [6.45, 7) is 2.03.